The summed E-state index contributed by atoms with van der Waals surface area (Å²) in [7, 11) is 2.03. The summed E-state index contributed by atoms with van der Waals surface area (Å²) in [5, 5.41) is 10.8. The fraction of sp³-hybridized carbons (Fsp3) is 0.909. The van der Waals surface area contributed by atoms with E-state index in [9.17, 15) is 14.0 Å². The molecule has 0 aromatic rings. The van der Waals surface area contributed by atoms with Crippen LogP contribution in [-0.2, 0) is 9.59 Å². The van der Waals surface area contributed by atoms with Gasteiger partial charge in [0.2, 0.25) is 11.8 Å². The van der Waals surface area contributed by atoms with Crippen LogP contribution >= 0.6 is 0 Å². The quantitative estimate of drug-likeness (QED) is 0.273. The van der Waals surface area contributed by atoms with Gasteiger partial charge in [-0.15, -0.1) is 0 Å². The zero-order valence-electron chi connectivity index (χ0n) is 20.3. The molecule has 0 saturated carbocycles. The first-order valence-electron chi connectivity index (χ1n) is 12.8. The standard InChI is InChI=1S/C22H39F2N9O2/c1-30-3-2-13(11-30)22(35)32-6-4-31(5-7-32)18-15(24)9-26-10-16(18)28-21(34)17-19(25)29-33-12-14(23)8-27-20(17)33/h13-20,26-27,29H,2-12,25H2,1H3,(H,28,34). The van der Waals surface area contributed by atoms with Gasteiger partial charge in [-0.05, 0) is 20.0 Å². The van der Waals surface area contributed by atoms with Gasteiger partial charge in [-0.2, -0.15) is 0 Å². The van der Waals surface area contributed by atoms with Crippen molar-refractivity contribution in [2.24, 2.45) is 17.6 Å². The van der Waals surface area contributed by atoms with Crippen LogP contribution in [0.25, 0.3) is 0 Å². The highest BCUT2D eigenvalue weighted by atomic mass is 19.1. The topological polar surface area (TPSA) is 121 Å². The van der Waals surface area contributed by atoms with Crippen molar-refractivity contribution in [3.05, 3.63) is 0 Å². The first-order chi connectivity index (χ1) is 16.8. The second kappa shape index (κ2) is 10.5. The van der Waals surface area contributed by atoms with Crippen LogP contribution < -0.4 is 27.1 Å². The van der Waals surface area contributed by atoms with Crippen LogP contribution in [0.1, 0.15) is 6.42 Å². The van der Waals surface area contributed by atoms with Gasteiger partial charge >= 0.3 is 0 Å². The molecule has 2 amide bonds. The molecule has 5 heterocycles. The van der Waals surface area contributed by atoms with Crippen molar-refractivity contribution in [3.8, 4) is 0 Å². The van der Waals surface area contributed by atoms with E-state index in [1.165, 1.54) is 0 Å². The lowest BCUT2D eigenvalue weighted by molar-refractivity contribution is -0.137. The molecule has 198 valence electrons. The van der Waals surface area contributed by atoms with E-state index < -0.39 is 42.7 Å². The molecule has 13 heteroatoms. The molecule has 5 fully saturated rings. The number of hydrogen-bond donors (Lipinski definition) is 5. The third-order valence-corrected chi connectivity index (χ3v) is 8.23. The number of carbonyl (C=O) groups excluding carboxylic acids is 2. The summed E-state index contributed by atoms with van der Waals surface area (Å²) >= 11 is 0. The number of hydrogen-bond acceptors (Lipinski definition) is 9. The predicted molar refractivity (Wildman–Crippen MR) is 125 cm³/mol. The van der Waals surface area contributed by atoms with Crippen molar-refractivity contribution in [3.63, 3.8) is 0 Å². The molecule has 11 nitrogen and oxygen atoms in total. The molecule has 35 heavy (non-hydrogen) atoms. The fourth-order valence-corrected chi connectivity index (χ4v) is 6.38. The Kier molecular flexibility index (Phi) is 7.54. The molecule has 5 saturated heterocycles. The molecule has 8 atom stereocenters. The molecule has 5 rings (SSSR count). The molecule has 0 aromatic carbocycles. The number of carbonyl (C=O) groups is 2. The number of nitrogens with two attached hydrogens (primary N) is 1. The van der Waals surface area contributed by atoms with E-state index in [0.29, 0.717) is 32.7 Å². The largest absolute Gasteiger partial charge is 0.350 e. The Balaban J connectivity index is 1.20. The Bertz CT molecular complexity index is 786. The van der Waals surface area contributed by atoms with Gasteiger partial charge in [0.1, 0.15) is 12.3 Å². The van der Waals surface area contributed by atoms with E-state index in [0.717, 1.165) is 19.5 Å². The number of amides is 2. The lowest BCUT2D eigenvalue weighted by Crippen LogP contribution is -2.68. The van der Waals surface area contributed by atoms with E-state index in [1.54, 1.807) is 5.01 Å². The van der Waals surface area contributed by atoms with Crippen molar-refractivity contribution in [1.82, 2.24) is 41.1 Å². The third kappa shape index (κ3) is 5.17. The fourth-order valence-electron chi connectivity index (χ4n) is 6.38. The molecular formula is C22H39F2N9O2. The number of halogens is 2. The lowest BCUT2D eigenvalue weighted by atomic mass is 9.94. The molecule has 6 N–H and O–H groups in total. The van der Waals surface area contributed by atoms with Crippen molar-refractivity contribution in [2.45, 2.75) is 43.2 Å². The Morgan fingerprint density at radius 3 is 2.51 bits per heavy atom. The van der Waals surface area contributed by atoms with Crippen LogP contribution in [0.4, 0.5) is 8.78 Å². The molecular weight excluding hydrogens is 460 g/mol. The van der Waals surface area contributed by atoms with Crippen molar-refractivity contribution < 1.29 is 18.4 Å². The summed E-state index contributed by atoms with van der Waals surface area (Å²) in [5.41, 5.74) is 9.17. The molecule has 5 aliphatic rings. The van der Waals surface area contributed by atoms with E-state index in [2.05, 4.69) is 31.2 Å². The maximum absolute atomic E-state index is 15.2. The maximum atomic E-state index is 15.2. The molecule has 0 aromatic heterocycles. The lowest BCUT2D eigenvalue weighted by Gasteiger charge is -2.46. The number of nitrogens with one attached hydrogen (secondary N) is 4. The Labute approximate surface area is 205 Å². The van der Waals surface area contributed by atoms with E-state index in [1.807, 2.05) is 11.9 Å². The normalized spacial score (nSPS) is 41.7. The van der Waals surface area contributed by atoms with Crippen LogP contribution in [-0.4, -0.2) is 141 Å². The van der Waals surface area contributed by atoms with Crippen molar-refractivity contribution in [2.75, 3.05) is 72.5 Å². The van der Waals surface area contributed by atoms with Gasteiger partial charge in [-0.25, -0.2) is 19.2 Å². The number of fused-ring (bicyclic) bond motifs is 1. The van der Waals surface area contributed by atoms with Gasteiger partial charge in [0.25, 0.3) is 0 Å². The maximum Gasteiger partial charge on any atom is 0.229 e. The average molecular weight is 500 g/mol. The van der Waals surface area contributed by atoms with Gasteiger partial charge in [0, 0.05) is 58.9 Å². The van der Waals surface area contributed by atoms with E-state index >= 15 is 4.39 Å². The minimum Gasteiger partial charge on any atom is -0.350 e. The second-order valence-corrected chi connectivity index (χ2v) is 10.7. The highest BCUT2D eigenvalue weighted by Gasteiger charge is 2.48. The minimum absolute atomic E-state index is 0.0521. The molecule has 0 radical (unpaired) electrons. The zero-order chi connectivity index (χ0) is 24.7. The number of piperidine rings is 1. The predicted octanol–water partition coefficient (Wildman–Crippen LogP) is -3.13. The summed E-state index contributed by atoms with van der Waals surface area (Å²) in [6.45, 7) is 5.04. The van der Waals surface area contributed by atoms with Crippen LogP contribution in [0.2, 0.25) is 0 Å². The van der Waals surface area contributed by atoms with Gasteiger partial charge in [0.05, 0.1) is 36.3 Å². The minimum atomic E-state index is -1.15. The number of nitrogens with zero attached hydrogens (tertiary/aromatic N) is 4. The van der Waals surface area contributed by atoms with E-state index in [4.69, 9.17) is 5.73 Å². The summed E-state index contributed by atoms with van der Waals surface area (Å²) < 4.78 is 29.0. The zero-order valence-corrected chi connectivity index (χ0v) is 20.3. The highest BCUT2D eigenvalue weighted by Crippen LogP contribution is 2.25. The highest BCUT2D eigenvalue weighted by molar-refractivity contribution is 5.81. The van der Waals surface area contributed by atoms with Gasteiger partial charge in [-0.1, -0.05) is 0 Å². The number of hydrazine groups is 1. The average Bonchev–Trinajstić information content (AvgIpc) is 3.40. The smallest absolute Gasteiger partial charge is 0.229 e. The van der Waals surface area contributed by atoms with Crippen LogP contribution in [0.3, 0.4) is 0 Å². The van der Waals surface area contributed by atoms with Crippen molar-refractivity contribution >= 4 is 11.8 Å². The molecule has 0 aliphatic carbocycles. The molecule has 0 bridgehead atoms. The van der Waals surface area contributed by atoms with Crippen LogP contribution in [0.15, 0.2) is 0 Å². The van der Waals surface area contributed by atoms with Gasteiger partial charge in [0.15, 0.2) is 0 Å². The number of alkyl halides is 2. The molecule has 0 spiro atoms. The van der Waals surface area contributed by atoms with Gasteiger partial charge < -0.3 is 26.2 Å². The summed E-state index contributed by atoms with van der Waals surface area (Å²) in [4.78, 5) is 32.4. The number of piperazine rings is 1. The molecule has 5 aliphatic heterocycles. The second-order valence-electron chi connectivity index (χ2n) is 10.7. The first kappa shape index (κ1) is 25.2. The summed E-state index contributed by atoms with van der Waals surface area (Å²) in [6, 6.07) is -0.915. The monoisotopic (exact) mass is 499 g/mol. The summed E-state index contributed by atoms with van der Waals surface area (Å²) in [5.74, 6) is -0.644. The summed E-state index contributed by atoms with van der Waals surface area (Å²) in [6.07, 6.45) is -2.35. The number of rotatable bonds is 4. The number of likely N-dealkylation sites (tertiary alicyclic amines) is 1. The Morgan fingerprint density at radius 2 is 1.80 bits per heavy atom. The third-order valence-electron chi connectivity index (χ3n) is 8.23. The Morgan fingerprint density at radius 1 is 1.03 bits per heavy atom. The van der Waals surface area contributed by atoms with Crippen LogP contribution in [0.5, 0.6) is 0 Å². The molecule has 8 unspecified atom stereocenters. The Hall–Kier alpha value is -1.48. The van der Waals surface area contributed by atoms with Gasteiger partial charge in [-0.3, -0.25) is 19.8 Å². The first-order valence-corrected chi connectivity index (χ1v) is 12.8. The SMILES string of the molecule is CN1CCC(C(=O)N2CCN(C3C(F)CNCC3NC(=O)C3C(N)NN4CC(F)CNC34)CC2)C1. The van der Waals surface area contributed by atoms with Crippen LogP contribution in [0, 0.1) is 11.8 Å². The van der Waals surface area contributed by atoms with Crippen molar-refractivity contribution in [1.29, 1.82) is 0 Å². The van der Waals surface area contributed by atoms with E-state index in [-0.39, 0.29) is 37.4 Å².